The monoisotopic (exact) mass is 369 g/mol. The summed E-state index contributed by atoms with van der Waals surface area (Å²) in [6.07, 6.45) is 0.470. The molecular weight excluding hydrogens is 346 g/mol. The lowest BCUT2D eigenvalue weighted by Crippen LogP contribution is -2.24. The molecule has 6 heteroatoms. The molecule has 0 bridgehead atoms. The van der Waals surface area contributed by atoms with E-state index in [1.165, 1.54) is 13.2 Å². The third-order valence-electron chi connectivity index (χ3n) is 4.57. The van der Waals surface area contributed by atoms with Gasteiger partial charge in [0.05, 0.1) is 13.2 Å². The Labute approximate surface area is 158 Å². The van der Waals surface area contributed by atoms with Gasteiger partial charge in [-0.3, -0.25) is 4.79 Å². The van der Waals surface area contributed by atoms with E-state index in [2.05, 4.69) is 0 Å². The smallest absolute Gasteiger partial charge is 0.339 e. The molecule has 0 spiro atoms. The third kappa shape index (κ3) is 4.05. The molecule has 1 aliphatic heterocycles. The summed E-state index contributed by atoms with van der Waals surface area (Å²) in [5.41, 5.74) is 1.84. The van der Waals surface area contributed by atoms with Crippen LogP contribution < -0.4 is 14.4 Å². The number of carboxylic acid groups (broad SMARTS) is 1. The number of anilines is 1. The van der Waals surface area contributed by atoms with Crippen LogP contribution in [0.3, 0.4) is 0 Å². The first kappa shape index (κ1) is 18.8. The van der Waals surface area contributed by atoms with Gasteiger partial charge in [-0.15, -0.1) is 0 Å². The molecule has 0 saturated carbocycles. The Balaban J connectivity index is 1.78. The number of carbonyl (C=O) groups is 2. The fourth-order valence-corrected chi connectivity index (χ4v) is 3.30. The zero-order valence-electron chi connectivity index (χ0n) is 15.6. The molecule has 1 heterocycles. The summed E-state index contributed by atoms with van der Waals surface area (Å²) in [5, 5.41) is 9.21. The van der Waals surface area contributed by atoms with Crippen molar-refractivity contribution in [3.8, 4) is 11.5 Å². The highest BCUT2D eigenvalue weighted by Gasteiger charge is 2.32. The molecule has 0 aliphatic carbocycles. The Hall–Kier alpha value is -3.02. The largest absolute Gasteiger partial charge is 0.496 e. The molecule has 2 aromatic rings. The number of carbonyl (C=O) groups excluding carboxylic acids is 1. The van der Waals surface area contributed by atoms with Gasteiger partial charge < -0.3 is 19.5 Å². The van der Waals surface area contributed by atoms with Crippen LogP contribution in [0.2, 0.25) is 0 Å². The Morgan fingerprint density at radius 2 is 1.89 bits per heavy atom. The maximum atomic E-state index is 12.5. The first-order chi connectivity index (χ1) is 12.9. The van der Waals surface area contributed by atoms with Crippen molar-refractivity contribution in [2.75, 3.05) is 18.6 Å². The number of ether oxygens (including phenoxy) is 2. The standard InChI is InChI=1S/C21H23NO5/c1-13(2)27-17-7-5-16(6-8-17)22-12-15(11-20(22)23)14-4-9-18(21(24)25)19(10-14)26-3/h4-10,13,15H,11-12H2,1-3H3,(H,24,25). The summed E-state index contributed by atoms with van der Waals surface area (Å²) < 4.78 is 10.8. The Morgan fingerprint density at radius 1 is 1.19 bits per heavy atom. The quantitative estimate of drug-likeness (QED) is 0.840. The SMILES string of the molecule is COc1cc(C2CC(=O)N(c3ccc(OC(C)C)cc3)C2)ccc1C(=O)O. The van der Waals surface area contributed by atoms with Crippen molar-refractivity contribution >= 4 is 17.6 Å². The number of hydrogen-bond acceptors (Lipinski definition) is 4. The fraction of sp³-hybridized carbons (Fsp3) is 0.333. The van der Waals surface area contributed by atoms with E-state index in [1.54, 1.807) is 17.0 Å². The number of nitrogens with zero attached hydrogens (tertiary/aromatic N) is 1. The topological polar surface area (TPSA) is 76.1 Å². The van der Waals surface area contributed by atoms with Crippen LogP contribution >= 0.6 is 0 Å². The van der Waals surface area contributed by atoms with Gasteiger partial charge in [-0.2, -0.15) is 0 Å². The van der Waals surface area contributed by atoms with Crippen LogP contribution in [0.4, 0.5) is 5.69 Å². The van der Waals surface area contributed by atoms with E-state index in [-0.39, 0.29) is 23.5 Å². The molecule has 1 amide bonds. The highest BCUT2D eigenvalue weighted by Crippen LogP contribution is 2.34. The van der Waals surface area contributed by atoms with E-state index >= 15 is 0 Å². The average molecular weight is 369 g/mol. The van der Waals surface area contributed by atoms with E-state index in [0.717, 1.165) is 17.0 Å². The van der Waals surface area contributed by atoms with E-state index in [9.17, 15) is 14.7 Å². The van der Waals surface area contributed by atoms with Gasteiger partial charge in [0.1, 0.15) is 17.1 Å². The van der Waals surface area contributed by atoms with Crippen molar-refractivity contribution in [2.45, 2.75) is 32.3 Å². The van der Waals surface area contributed by atoms with Crippen LogP contribution in [0.1, 0.15) is 42.1 Å². The molecule has 142 valence electrons. The number of rotatable bonds is 6. The summed E-state index contributed by atoms with van der Waals surface area (Å²) in [7, 11) is 1.44. The van der Waals surface area contributed by atoms with Gasteiger partial charge in [0, 0.05) is 24.6 Å². The molecule has 1 unspecified atom stereocenters. The molecule has 2 aromatic carbocycles. The van der Waals surface area contributed by atoms with Gasteiger partial charge in [0.25, 0.3) is 0 Å². The summed E-state index contributed by atoms with van der Waals surface area (Å²) in [6.45, 7) is 4.47. The highest BCUT2D eigenvalue weighted by molar-refractivity contribution is 5.96. The van der Waals surface area contributed by atoms with Crippen molar-refractivity contribution in [3.63, 3.8) is 0 Å². The van der Waals surface area contributed by atoms with E-state index in [1.807, 2.05) is 38.1 Å². The number of benzene rings is 2. The second kappa shape index (κ2) is 7.70. The second-order valence-corrected chi connectivity index (χ2v) is 6.83. The molecule has 0 aromatic heterocycles. The van der Waals surface area contributed by atoms with Crippen LogP contribution in [0.25, 0.3) is 0 Å². The molecule has 3 rings (SSSR count). The van der Waals surface area contributed by atoms with Crippen molar-refractivity contribution in [1.29, 1.82) is 0 Å². The Kier molecular flexibility index (Phi) is 5.35. The number of methoxy groups -OCH3 is 1. The first-order valence-electron chi connectivity index (χ1n) is 8.87. The predicted molar refractivity (Wildman–Crippen MR) is 102 cm³/mol. The van der Waals surface area contributed by atoms with E-state index in [0.29, 0.717) is 18.7 Å². The van der Waals surface area contributed by atoms with Crippen molar-refractivity contribution < 1.29 is 24.2 Å². The minimum atomic E-state index is -1.04. The van der Waals surface area contributed by atoms with Crippen LogP contribution in [0, 0.1) is 0 Å². The van der Waals surface area contributed by atoms with Gasteiger partial charge in [-0.1, -0.05) is 6.07 Å². The minimum Gasteiger partial charge on any atom is -0.496 e. The van der Waals surface area contributed by atoms with Gasteiger partial charge >= 0.3 is 5.97 Å². The van der Waals surface area contributed by atoms with Gasteiger partial charge in [0.2, 0.25) is 5.91 Å². The lowest BCUT2D eigenvalue weighted by molar-refractivity contribution is -0.117. The summed E-state index contributed by atoms with van der Waals surface area (Å²) in [4.78, 5) is 25.5. The first-order valence-corrected chi connectivity index (χ1v) is 8.87. The van der Waals surface area contributed by atoms with Gasteiger partial charge in [-0.25, -0.2) is 4.79 Å². The number of hydrogen-bond donors (Lipinski definition) is 1. The maximum absolute atomic E-state index is 12.5. The maximum Gasteiger partial charge on any atom is 0.339 e. The van der Waals surface area contributed by atoms with Crippen LogP contribution in [0.15, 0.2) is 42.5 Å². The molecule has 1 atom stereocenters. The Bertz CT molecular complexity index is 844. The van der Waals surface area contributed by atoms with Crippen molar-refractivity contribution in [1.82, 2.24) is 0 Å². The van der Waals surface area contributed by atoms with Crippen LogP contribution in [-0.2, 0) is 4.79 Å². The zero-order valence-corrected chi connectivity index (χ0v) is 15.6. The second-order valence-electron chi connectivity index (χ2n) is 6.83. The van der Waals surface area contributed by atoms with Crippen molar-refractivity contribution in [3.05, 3.63) is 53.6 Å². The van der Waals surface area contributed by atoms with Crippen LogP contribution in [-0.4, -0.2) is 36.7 Å². The number of amides is 1. The third-order valence-corrected chi connectivity index (χ3v) is 4.57. The lowest BCUT2D eigenvalue weighted by Gasteiger charge is -2.18. The van der Waals surface area contributed by atoms with E-state index in [4.69, 9.17) is 9.47 Å². The van der Waals surface area contributed by atoms with Crippen LogP contribution in [0.5, 0.6) is 11.5 Å². The minimum absolute atomic E-state index is 0.0131. The molecule has 1 fully saturated rings. The predicted octanol–water partition coefficient (Wildman–Crippen LogP) is 3.70. The average Bonchev–Trinajstić information content (AvgIpc) is 3.03. The molecule has 27 heavy (non-hydrogen) atoms. The van der Waals surface area contributed by atoms with Gasteiger partial charge in [-0.05, 0) is 55.8 Å². The molecule has 6 nitrogen and oxygen atoms in total. The Morgan fingerprint density at radius 3 is 2.48 bits per heavy atom. The summed E-state index contributed by atoms with van der Waals surface area (Å²) in [5.74, 6) is 0.0675. The summed E-state index contributed by atoms with van der Waals surface area (Å²) >= 11 is 0. The lowest BCUT2D eigenvalue weighted by atomic mass is 9.96. The molecule has 1 saturated heterocycles. The number of aromatic carboxylic acids is 1. The van der Waals surface area contributed by atoms with E-state index < -0.39 is 5.97 Å². The molecule has 1 N–H and O–H groups in total. The zero-order chi connectivity index (χ0) is 19.6. The highest BCUT2D eigenvalue weighted by atomic mass is 16.5. The van der Waals surface area contributed by atoms with Gasteiger partial charge in [0.15, 0.2) is 0 Å². The molecule has 1 aliphatic rings. The molecule has 0 radical (unpaired) electrons. The molecular formula is C21H23NO5. The summed E-state index contributed by atoms with van der Waals surface area (Å²) in [6, 6.07) is 12.5. The number of carboxylic acids is 1. The van der Waals surface area contributed by atoms with Crippen molar-refractivity contribution in [2.24, 2.45) is 0 Å². The fourth-order valence-electron chi connectivity index (χ4n) is 3.30. The normalized spacial score (nSPS) is 16.7.